The quantitative estimate of drug-likeness (QED) is 0.431. The first-order valence-corrected chi connectivity index (χ1v) is 8.69. The first-order chi connectivity index (χ1) is 13.2. The van der Waals surface area contributed by atoms with Crippen LogP contribution in [0.2, 0.25) is 0 Å². The number of nitrogens with two attached hydrogens (primary N) is 1. The second kappa shape index (κ2) is 10.5. The summed E-state index contributed by atoms with van der Waals surface area (Å²) >= 11 is 0. The normalized spacial score (nSPS) is 10.6. The van der Waals surface area contributed by atoms with E-state index in [1.54, 1.807) is 12.1 Å². The van der Waals surface area contributed by atoms with Gasteiger partial charge in [0.1, 0.15) is 0 Å². The van der Waals surface area contributed by atoms with Crippen LogP contribution in [0.4, 0.5) is 5.69 Å². The summed E-state index contributed by atoms with van der Waals surface area (Å²) in [6.07, 6.45) is 0.896. The maximum Gasteiger partial charge on any atom is 0.270 e. The molecule has 0 fully saturated rings. The molecule has 0 aliphatic heterocycles. The molecule has 0 atom stereocenters. The largest absolute Gasteiger partial charge is 0.338 e. The molecular weight excluding hydrogens is 382 g/mol. The second-order valence-electron chi connectivity index (χ2n) is 6.12. The lowest BCUT2D eigenvalue weighted by Crippen LogP contribution is -2.31. The molecule has 28 heavy (non-hydrogen) atoms. The van der Waals surface area contributed by atoms with Crippen molar-refractivity contribution in [3.8, 4) is 11.4 Å². The van der Waals surface area contributed by atoms with Gasteiger partial charge in [0.2, 0.25) is 11.7 Å². The predicted octanol–water partition coefficient (Wildman–Crippen LogP) is 3.07. The molecule has 0 saturated heterocycles. The summed E-state index contributed by atoms with van der Waals surface area (Å²) in [4.78, 5) is 17.0. The highest BCUT2D eigenvalue weighted by Gasteiger charge is 2.15. The van der Waals surface area contributed by atoms with Gasteiger partial charge in [0.25, 0.3) is 5.69 Å². The van der Waals surface area contributed by atoms with Crippen LogP contribution in [-0.2, 0) is 13.0 Å². The van der Waals surface area contributed by atoms with Crippen molar-refractivity contribution < 1.29 is 9.45 Å². The molecule has 1 heterocycles. The van der Waals surface area contributed by atoms with Gasteiger partial charge in [0.15, 0.2) is 0 Å². The van der Waals surface area contributed by atoms with Gasteiger partial charge in [-0.15, -0.1) is 12.4 Å². The van der Waals surface area contributed by atoms with E-state index >= 15 is 0 Å². The van der Waals surface area contributed by atoms with Gasteiger partial charge in [-0.1, -0.05) is 47.6 Å². The van der Waals surface area contributed by atoms with Crippen molar-refractivity contribution in [1.82, 2.24) is 15.0 Å². The molecule has 0 aliphatic carbocycles. The van der Waals surface area contributed by atoms with Crippen LogP contribution in [0.15, 0.2) is 59.1 Å². The van der Waals surface area contributed by atoms with Crippen LogP contribution in [0.5, 0.6) is 0 Å². The van der Waals surface area contributed by atoms with Crippen LogP contribution >= 0.6 is 12.4 Å². The Hall–Kier alpha value is -2.81. The molecule has 0 aliphatic rings. The van der Waals surface area contributed by atoms with Crippen LogP contribution in [0.25, 0.3) is 11.4 Å². The lowest BCUT2D eigenvalue weighted by Gasteiger charge is -2.19. The Labute approximate surface area is 168 Å². The summed E-state index contributed by atoms with van der Waals surface area (Å²) in [5, 5.41) is 14.9. The summed E-state index contributed by atoms with van der Waals surface area (Å²) in [5.74, 6) is 0.794. The fourth-order valence-electron chi connectivity index (χ4n) is 2.77. The van der Waals surface area contributed by atoms with Crippen molar-refractivity contribution >= 4 is 18.1 Å². The third kappa shape index (κ3) is 5.85. The van der Waals surface area contributed by atoms with E-state index in [0.29, 0.717) is 36.9 Å². The highest BCUT2D eigenvalue weighted by molar-refractivity contribution is 5.85. The van der Waals surface area contributed by atoms with Crippen LogP contribution in [0, 0.1) is 10.1 Å². The number of hydrogen-bond acceptors (Lipinski definition) is 7. The van der Waals surface area contributed by atoms with E-state index in [0.717, 1.165) is 13.0 Å². The van der Waals surface area contributed by atoms with Gasteiger partial charge < -0.3 is 10.3 Å². The zero-order valence-electron chi connectivity index (χ0n) is 15.2. The van der Waals surface area contributed by atoms with Crippen LogP contribution in [0.1, 0.15) is 11.5 Å². The number of nitro benzene ring substituents is 1. The van der Waals surface area contributed by atoms with E-state index in [1.807, 2.05) is 18.2 Å². The highest BCUT2D eigenvalue weighted by Crippen LogP contribution is 2.21. The Bertz CT molecular complexity index is 888. The highest BCUT2D eigenvalue weighted by atomic mass is 35.5. The molecule has 3 rings (SSSR count). The molecule has 1 aromatic heterocycles. The molecular formula is C19H22ClN5O3. The number of aromatic nitrogens is 2. The van der Waals surface area contributed by atoms with Gasteiger partial charge in [0.05, 0.1) is 11.5 Å². The van der Waals surface area contributed by atoms with E-state index < -0.39 is 4.92 Å². The van der Waals surface area contributed by atoms with Crippen molar-refractivity contribution in [3.63, 3.8) is 0 Å². The summed E-state index contributed by atoms with van der Waals surface area (Å²) < 4.78 is 5.33. The molecule has 0 amide bonds. The van der Waals surface area contributed by atoms with Gasteiger partial charge in [-0.25, -0.2) is 0 Å². The van der Waals surface area contributed by atoms with E-state index in [1.165, 1.54) is 17.7 Å². The Morgan fingerprint density at radius 1 is 1.11 bits per heavy atom. The van der Waals surface area contributed by atoms with Gasteiger partial charge >= 0.3 is 0 Å². The fraction of sp³-hybridized carbons (Fsp3) is 0.263. The van der Waals surface area contributed by atoms with Crippen LogP contribution in [-0.4, -0.2) is 39.6 Å². The number of hydrogen-bond donors (Lipinski definition) is 1. The van der Waals surface area contributed by atoms with Crippen LogP contribution in [0.3, 0.4) is 0 Å². The van der Waals surface area contributed by atoms with Crippen LogP contribution < -0.4 is 5.73 Å². The molecule has 0 radical (unpaired) electrons. The minimum Gasteiger partial charge on any atom is -0.338 e. The second-order valence-corrected chi connectivity index (χ2v) is 6.12. The molecule has 9 heteroatoms. The van der Waals surface area contributed by atoms with E-state index in [4.69, 9.17) is 10.3 Å². The minimum atomic E-state index is -0.447. The van der Waals surface area contributed by atoms with Gasteiger partial charge in [0, 0.05) is 37.3 Å². The van der Waals surface area contributed by atoms with E-state index in [2.05, 4.69) is 27.2 Å². The maximum atomic E-state index is 10.9. The Balaban J connectivity index is 0.00000280. The van der Waals surface area contributed by atoms with Crippen molar-refractivity contribution in [2.24, 2.45) is 5.73 Å². The number of non-ortho nitro benzene ring substituents is 1. The van der Waals surface area contributed by atoms with Gasteiger partial charge in [-0.05, 0) is 12.0 Å². The summed E-state index contributed by atoms with van der Waals surface area (Å²) in [6, 6.07) is 16.4. The number of benzene rings is 2. The molecule has 0 unspecified atom stereocenters. The lowest BCUT2D eigenvalue weighted by molar-refractivity contribution is -0.384. The minimum absolute atomic E-state index is 0. The third-order valence-electron chi connectivity index (χ3n) is 4.15. The van der Waals surface area contributed by atoms with E-state index in [-0.39, 0.29) is 18.1 Å². The van der Waals surface area contributed by atoms with Crippen molar-refractivity contribution in [2.45, 2.75) is 13.0 Å². The molecule has 3 aromatic rings. The van der Waals surface area contributed by atoms with E-state index in [9.17, 15) is 10.1 Å². The lowest BCUT2D eigenvalue weighted by atomic mass is 10.1. The predicted molar refractivity (Wildman–Crippen MR) is 108 cm³/mol. The van der Waals surface area contributed by atoms with Crippen molar-refractivity contribution in [3.05, 3.63) is 76.2 Å². The van der Waals surface area contributed by atoms with Crippen molar-refractivity contribution in [1.29, 1.82) is 0 Å². The third-order valence-corrected chi connectivity index (χ3v) is 4.15. The first kappa shape index (κ1) is 21.5. The van der Waals surface area contributed by atoms with Gasteiger partial charge in [-0.3, -0.25) is 15.0 Å². The standard InChI is InChI=1S/C19H21N5O3.ClH/c20-10-12-23(11-9-15-5-2-1-3-6-15)14-18-21-19(22-27-18)16-7-4-8-17(13-16)24(25)26;/h1-8,13H,9-12,14,20H2;1H. The van der Waals surface area contributed by atoms with Crippen molar-refractivity contribution in [2.75, 3.05) is 19.6 Å². The average Bonchev–Trinajstić information content (AvgIpc) is 3.16. The fourth-order valence-corrected chi connectivity index (χ4v) is 2.77. The number of halogens is 1. The summed E-state index contributed by atoms with van der Waals surface area (Å²) in [5.41, 5.74) is 7.52. The number of rotatable bonds is 9. The molecule has 8 nitrogen and oxygen atoms in total. The number of nitro groups is 1. The summed E-state index contributed by atoms with van der Waals surface area (Å²) in [7, 11) is 0. The van der Waals surface area contributed by atoms with Gasteiger partial charge in [-0.2, -0.15) is 4.98 Å². The molecule has 148 valence electrons. The Kier molecular flexibility index (Phi) is 8.06. The zero-order chi connectivity index (χ0) is 19.1. The Morgan fingerprint density at radius 3 is 2.61 bits per heavy atom. The Morgan fingerprint density at radius 2 is 1.89 bits per heavy atom. The smallest absolute Gasteiger partial charge is 0.270 e. The molecule has 0 spiro atoms. The topological polar surface area (TPSA) is 111 Å². The zero-order valence-corrected chi connectivity index (χ0v) is 16.0. The average molecular weight is 404 g/mol. The SMILES string of the molecule is Cl.NCCN(CCc1ccccc1)Cc1nc(-c2cccc([N+](=O)[O-])c2)no1. The molecule has 2 aromatic carbocycles. The molecule has 0 bridgehead atoms. The first-order valence-electron chi connectivity index (χ1n) is 8.69. The monoisotopic (exact) mass is 403 g/mol. The molecule has 2 N–H and O–H groups in total. The molecule has 0 saturated carbocycles. The summed E-state index contributed by atoms with van der Waals surface area (Å²) in [6.45, 7) is 2.53. The number of nitrogens with zero attached hydrogens (tertiary/aromatic N) is 4. The maximum absolute atomic E-state index is 10.9.